The molecule has 0 aliphatic carbocycles. The standard InChI is InChI=1S/C25H36N8O/c1-18(2)21-17-28-33-23(21)29-25(34-20-8-12-31(3)13-9-20)30-24(33)27-16-19-6-4-5-7-22(19)32-14-10-26-11-15-32/h4-7,17-18,20,26H,8-16H2,1-3H3,(H,27,29,30). The number of benzene rings is 1. The molecule has 34 heavy (non-hydrogen) atoms. The molecule has 0 unspecified atom stereocenters. The van der Waals surface area contributed by atoms with Crippen molar-refractivity contribution in [1.29, 1.82) is 0 Å². The summed E-state index contributed by atoms with van der Waals surface area (Å²) in [6.07, 6.45) is 4.02. The predicted octanol–water partition coefficient (Wildman–Crippen LogP) is 2.74. The Labute approximate surface area is 201 Å². The summed E-state index contributed by atoms with van der Waals surface area (Å²) >= 11 is 0. The van der Waals surface area contributed by atoms with Gasteiger partial charge in [-0.05, 0) is 37.4 Å². The largest absolute Gasteiger partial charge is 0.460 e. The molecule has 0 bridgehead atoms. The van der Waals surface area contributed by atoms with E-state index < -0.39 is 0 Å². The summed E-state index contributed by atoms with van der Waals surface area (Å²) in [4.78, 5) is 14.3. The average molecular weight is 465 g/mol. The van der Waals surface area contributed by atoms with Gasteiger partial charge >= 0.3 is 6.01 Å². The van der Waals surface area contributed by atoms with Crippen LogP contribution in [-0.4, -0.2) is 76.9 Å². The molecular formula is C25H36N8O. The van der Waals surface area contributed by atoms with Crippen molar-refractivity contribution < 1.29 is 4.74 Å². The van der Waals surface area contributed by atoms with Crippen LogP contribution in [-0.2, 0) is 6.54 Å². The highest BCUT2D eigenvalue weighted by atomic mass is 16.5. The lowest BCUT2D eigenvalue weighted by atomic mass is 10.1. The third-order valence-electron chi connectivity index (χ3n) is 6.82. The molecule has 0 radical (unpaired) electrons. The van der Waals surface area contributed by atoms with Gasteiger partial charge in [0, 0.05) is 57.1 Å². The Morgan fingerprint density at radius 2 is 1.85 bits per heavy atom. The van der Waals surface area contributed by atoms with Crippen molar-refractivity contribution in [3.63, 3.8) is 0 Å². The van der Waals surface area contributed by atoms with E-state index in [2.05, 4.69) is 70.7 Å². The lowest BCUT2D eigenvalue weighted by molar-refractivity contribution is 0.105. The zero-order chi connectivity index (χ0) is 23.5. The zero-order valence-electron chi connectivity index (χ0n) is 20.5. The van der Waals surface area contributed by atoms with Gasteiger partial charge < -0.3 is 25.2 Å². The van der Waals surface area contributed by atoms with Crippen molar-refractivity contribution in [3.8, 4) is 6.01 Å². The Bertz CT molecular complexity index is 1100. The summed E-state index contributed by atoms with van der Waals surface area (Å²) in [5.74, 6) is 0.972. The van der Waals surface area contributed by atoms with Crippen molar-refractivity contribution in [2.24, 2.45) is 0 Å². The minimum absolute atomic E-state index is 0.144. The van der Waals surface area contributed by atoms with Crippen molar-refractivity contribution >= 4 is 17.3 Å². The first kappa shape index (κ1) is 22.9. The monoisotopic (exact) mass is 464 g/mol. The highest BCUT2D eigenvalue weighted by molar-refractivity contribution is 5.56. The number of hydrogen-bond acceptors (Lipinski definition) is 8. The fourth-order valence-corrected chi connectivity index (χ4v) is 4.75. The normalized spacial score (nSPS) is 18.1. The van der Waals surface area contributed by atoms with Gasteiger partial charge in [-0.25, -0.2) is 0 Å². The molecule has 2 fully saturated rings. The fraction of sp³-hybridized carbons (Fsp3) is 0.560. The van der Waals surface area contributed by atoms with E-state index in [1.54, 1.807) is 0 Å². The van der Waals surface area contributed by atoms with E-state index in [0.29, 0.717) is 24.4 Å². The number of nitrogens with one attached hydrogen (secondary N) is 2. The van der Waals surface area contributed by atoms with Gasteiger partial charge in [0.2, 0.25) is 5.95 Å². The van der Waals surface area contributed by atoms with Gasteiger partial charge in [0.1, 0.15) is 6.10 Å². The third-order valence-corrected chi connectivity index (χ3v) is 6.82. The molecule has 2 aliphatic heterocycles. The number of fused-ring (bicyclic) bond motifs is 1. The van der Waals surface area contributed by atoms with Crippen LogP contribution < -0.4 is 20.3 Å². The van der Waals surface area contributed by atoms with Crippen molar-refractivity contribution in [2.75, 3.05) is 56.5 Å². The van der Waals surface area contributed by atoms with E-state index in [-0.39, 0.29) is 6.10 Å². The number of rotatable bonds is 7. The second kappa shape index (κ2) is 10.1. The molecule has 0 amide bonds. The zero-order valence-corrected chi connectivity index (χ0v) is 20.5. The van der Waals surface area contributed by atoms with E-state index in [0.717, 1.165) is 63.3 Å². The lowest BCUT2D eigenvalue weighted by Gasteiger charge is -2.31. The number of anilines is 2. The number of likely N-dealkylation sites (tertiary alicyclic amines) is 1. The topological polar surface area (TPSA) is 82.8 Å². The molecule has 2 saturated heterocycles. The molecule has 4 heterocycles. The van der Waals surface area contributed by atoms with Gasteiger partial charge in [0.25, 0.3) is 0 Å². The Kier molecular flexibility index (Phi) is 6.82. The van der Waals surface area contributed by atoms with Crippen LogP contribution in [0, 0.1) is 0 Å². The first-order valence-electron chi connectivity index (χ1n) is 12.5. The molecular weight excluding hydrogens is 428 g/mol. The molecule has 2 aromatic heterocycles. The molecule has 9 nitrogen and oxygen atoms in total. The molecule has 0 atom stereocenters. The molecule has 2 aliphatic rings. The van der Waals surface area contributed by atoms with Gasteiger partial charge in [-0.15, -0.1) is 0 Å². The minimum Gasteiger partial charge on any atom is -0.460 e. The summed E-state index contributed by atoms with van der Waals surface area (Å²) in [5.41, 5.74) is 4.42. The van der Waals surface area contributed by atoms with Crippen molar-refractivity contribution in [3.05, 3.63) is 41.6 Å². The molecule has 3 aromatic rings. The Morgan fingerprint density at radius 3 is 2.62 bits per heavy atom. The van der Waals surface area contributed by atoms with E-state index in [1.165, 1.54) is 11.3 Å². The summed E-state index contributed by atoms with van der Waals surface area (Å²) in [6, 6.07) is 9.03. The number of nitrogens with zero attached hydrogens (tertiary/aromatic N) is 6. The SMILES string of the molecule is CC(C)c1cnn2c(NCc3ccccc3N3CCNCC3)nc(OC3CCN(C)CC3)nc12. The maximum absolute atomic E-state index is 6.28. The summed E-state index contributed by atoms with van der Waals surface area (Å²) in [6.45, 7) is 11.1. The quantitative estimate of drug-likeness (QED) is 0.552. The summed E-state index contributed by atoms with van der Waals surface area (Å²) in [7, 11) is 2.15. The molecule has 5 rings (SSSR count). The van der Waals surface area contributed by atoms with Gasteiger partial charge in [-0.1, -0.05) is 32.0 Å². The van der Waals surface area contributed by atoms with E-state index in [1.807, 2.05) is 10.7 Å². The van der Waals surface area contributed by atoms with Crippen LogP contribution in [0.2, 0.25) is 0 Å². The van der Waals surface area contributed by atoms with Crippen LogP contribution >= 0.6 is 0 Å². The number of piperidine rings is 1. The van der Waals surface area contributed by atoms with E-state index in [9.17, 15) is 0 Å². The van der Waals surface area contributed by atoms with Gasteiger partial charge in [-0.3, -0.25) is 0 Å². The first-order valence-corrected chi connectivity index (χ1v) is 12.5. The minimum atomic E-state index is 0.144. The predicted molar refractivity (Wildman–Crippen MR) is 135 cm³/mol. The Balaban J connectivity index is 1.41. The van der Waals surface area contributed by atoms with Gasteiger partial charge in [0.15, 0.2) is 5.65 Å². The van der Waals surface area contributed by atoms with Crippen LogP contribution in [0.3, 0.4) is 0 Å². The maximum Gasteiger partial charge on any atom is 0.322 e. The number of ether oxygens (including phenoxy) is 1. The highest BCUT2D eigenvalue weighted by Crippen LogP contribution is 2.26. The summed E-state index contributed by atoms with van der Waals surface area (Å²) in [5, 5.41) is 11.6. The first-order chi connectivity index (χ1) is 16.6. The Hall–Kier alpha value is -2.91. The third kappa shape index (κ3) is 4.95. The molecule has 182 valence electrons. The second-order valence-corrected chi connectivity index (χ2v) is 9.66. The fourth-order valence-electron chi connectivity index (χ4n) is 4.75. The van der Waals surface area contributed by atoms with E-state index in [4.69, 9.17) is 14.7 Å². The number of aromatic nitrogens is 4. The number of piperazine rings is 1. The molecule has 0 saturated carbocycles. The van der Waals surface area contributed by atoms with Crippen molar-refractivity contribution in [2.45, 2.75) is 45.3 Å². The molecule has 9 heteroatoms. The second-order valence-electron chi connectivity index (χ2n) is 9.66. The smallest absolute Gasteiger partial charge is 0.322 e. The molecule has 1 aromatic carbocycles. The van der Waals surface area contributed by atoms with Crippen LogP contribution in [0.1, 0.15) is 43.7 Å². The molecule has 0 spiro atoms. The molecule has 2 N–H and O–H groups in total. The average Bonchev–Trinajstić information content (AvgIpc) is 3.29. The van der Waals surface area contributed by atoms with E-state index >= 15 is 0 Å². The maximum atomic E-state index is 6.28. The number of para-hydroxylation sites is 1. The number of hydrogen-bond donors (Lipinski definition) is 2. The van der Waals surface area contributed by atoms with Gasteiger partial charge in [0.05, 0.1) is 6.20 Å². The van der Waals surface area contributed by atoms with Crippen LogP contribution in [0.4, 0.5) is 11.6 Å². The highest BCUT2D eigenvalue weighted by Gasteiger charge is 2.22. The van der Waals surface area contributed by atoms with Crippen molar-refractivity contribution in [1.82, 2.24) is 29.8 Å². The lowest BCUT2D eigenvalue weighted by Crippen LogP contribution is -2.43. The summed E-state index contributed by atoms with van der Waals surface area (Å²) < 4.78 is 8.09. The Morgan fingerprint density at radius 1 is 1.09 bits per heavy atom. The van der Waals surface area contributed by atoms with Crippen LogP contribution in [0.25, 0.3) is 5.65 Å². The van der Waals surface area contributed by atoms with Gasteiger partial charge in [-0.2, -0.15) is 19.6 Å². The van der Waals surface area contributed by atoms with Crippen LogP contribution in [0.5, 0.6) is 6.01 Å². The van der Waals surface area contributed by atoms with Crippen LogP contribution in [0.15, 0.2) is 30.5 Å².